The van der Waals surface area contributed by atoms with E-state index in [2.05, 4.69) is 4.99 Å². The summed E-state index contributed by atoms with van der Waals surface area (Å²) in [5.74, 6) is 0.598. The van der Waals surface area contributed by atoms with Gasteiger partial charge in [-0.2, -0.15) is 0 Å². The summed E-state index contributed by atoms with van der Waals surface area (Å²) < 4.78 is 3.76. The van der Waals surface area contributed by atoms with Crippen LogP contribution in [0, 0.1) is 0 Å². The Labute approximate surface area is 83.5 Å². The van der Waals surface area contributed by atoms with Crippen LogP contribution in [-0.2, 0) is 13.6 Å². The molecule has 0 bridgehead atoms. The van der Waals surface area contributed by atoms with Crippen molar-refractivity contribution in [3.8, 4) is 0 Å². The van der Waals surface area contributed by atoms with E-state index < -0.39 is 0 Å². The van der Waals surface area contributed by atoms with E-state index in [1.165, 1.54) is 0 Å². The zero-order chi connectivity index (χ0) is 10.1. The molecule has 1 heterocycles. The predicted octanol–water partition coefficient (Wildman–Crippen LogP) is -0.398. The van der Waals surface area contributed by atoms with Crippen molar-refractivity contribution >= 4 is 5.90 Å². The van der Waals surface area contributed by atoms with Crippen LogP contribution >= 0.6 is 0 Å². The highest BCUT2D eigenvalue weighted by Crippen LogP contribution is 2.23. The van der Waals surface area contributed by atoms with Gasteiger partial charge in [0.05, 0.1) is 19.5 Å². The van der Waals surface area contributed by atoms with Crippen LogP contribution in [0.25, 0.3) is 0 Å². The quantitative estimate of drug-likeness (QED) is 0.366. The molecule has 1 aliphatic carbocycles. The predicted molar refractivity (Wildman–Crippen MR) is 50.8 cm³/mol. The lowest BCUT2D eigenvalue weighted by atomic mass is 10.5. The van der Waals surface area contributed by atoms with Crippen molar-refractivity contribution in [2.45, 2.75) is 32.4 Å². The number of aliphatic imine (C=N–C) groups is 1. The second-order valence-corrected chi connectivity index (χ2v) is 3.68. The molecule has 14 heavy (non-hydrogen) atoms. The third-order valence-electron chi connectivity index (χ3n) is 2.46. The van der Waals surface area contributed by atoms with Gasteiger partial charge in [-0.3, -0.25) is 4.99 Å². The summed E-state index contributed by atoms with van der Waals surface area (Å²) in [7, 11) is 1.88. The van der Waals surface area contributed by atoms with Crippen LogP contribution in [0.15, 0.2) is 17.4 Å². The fourth-order valence-electron chi connectivity index (χ4n) is 1.48. The summed E-state index contributed by atoms with van der Waals surface area (Å²) in [6, 6.07) is 0.294. The Morgan fingerprint density at radius 2 is 2.43 bits per heavy atom. The van der Waals surface area contributed by atoms with Crippen LogP contribution in [0.2, 0.25) is 0 Å². The summed E-state index contributed by atoms with van der Waals surface area (Å²) >= 11 is 0. The summed E-state index contributed by atoms with van der Waals surface area (Å²) in [6.45, 7) is 2.83. The second kappa shape index (κ2) is 3.44. The van der Waals surface area contributed by atoms with Gasteiger partial charge in [-0.25, -0.2) is 9.13 Å². The first-order valence-corrected chi connectivity index (χ1v) is 5.02. The van der Waals surface area contributed by atoms with Gasteiger partial charge in [0, 0.05) is 6.04 Å². The fourth-order valence-corrected chi connectivity index (χ4v) is 1.48. The van der Waals surface area contributed by atoms with Crippen LogP contribution in [0.3, 0.4) is 0 Å². The SMILES string of the molecule is CCn1cc[n+](C)c1C([O-])=NC1CC1. The Morgan fingerprint density at radius 3 is 3.00 bits per heavy atom. The van der Waals surface area contributed by atoms with Gasteiger partial charge in [-0.05, 0) is 19.8 Å². The summed E-state index contributed by atoms with van der Waals surface area (Å²) in [4.78, 5) is 4.12. The molecule has 0 saturated heterocycles. The maximum atomic E-state index is 11.7. The largest absolute Gasteiger partial charge is 0.853 e. The molecule has 0 atom stereocenters. The van der Waals surface area contributed by atoms with Gasteiger partial charge < -0.3 is 5.11 Å². The average Bonchev–Trinajstić information content (AvgIpc) is 2.87. The highest BCUT2D eigenvalue weighted by Gasteiger charge is 2.22. The highest BCUT2D eigenvalue weighted by molar-refractivity contribution is 5.85. The molecule has 0 radical (unpaired) electrons. The van der Waals surface area contributed by atoms with E-state index in [0.717, 1.165) is 19.4 Å². The van der Waals surface area contributed by atoms with Crippen molar-refractivity contribution in [2.75, 3.05) is 0 Å². The van der Waals surface area contributed by atoms with E-state index in [1.807, 2.05) is 35.5 Å². The summed E-state index contributed by atoms with van der Waals surface area (Å²) in [6.07, 6.45) is 5.94. The minimum Gasteiger partial charge on any atom is -0.853 e. The molecule has 0 aliphatic heterocycles. The van der Waals surface area contributed by atoms with E-state index in [-0.39, 0.29) is 5.90 Å². The Morgan fingerprint density at radius 1 is 1.71 bits per heavy atom. The van der Waals surface area contributed by atoms with Crippen molar-refractivity contribution in [1.82, 2.24) is 4.57 Å². The Hall–Kier alpha value is -1.32. The molecule has 1 fully saturated rings. The molecule has 1 aliphatic rings. The maximum absolute atomic E-state index is 11.7. The van der Waals surface area contributed by atoms with Crippen molar-refractivity contribution in [3.63, 3.8) is 0 Å². The van der Waals surface area contributed by atoms with Crippen LogP contribution in [0.5, 0.6) is 0 Å². The van der Waals surface area contributed by atoms with Gasteiger partial charge in [-0.1, -0.05) is 0 Å². The van der Waals surface area contributed by atoms with E-state index in [4.69, 9.17) is 0 Å². The third kappa shape index (κ3) is 1.64. The van der Waals surface area contributed by atoms with Gasteiger partial charge in [0.25, 0.3) is 5.82 Å². The molecular formula is C10H15N3O. The lowest BCUT2D eigenvalue weighted by molar-refractivity contribution is -0.674. The van der Waals surface area contributed by atoms with Crippen LogP contribution in [-0.4, -0.2) is 16.5 Å². The number of rotatable bonds is 3. The Balaban J connectivity index is 2.32. The Bertz CT molecular complexity index is 363. The third-order valence-corrected chi connectivity index (χ3v) is 2.46. The zero-order valence-electron chi connectivity index (χ0n) is 8.60. The summed E-state index contributed by atoms with van der Waals surface area (Å²) in [5, 5.41) is 11.7. The minimum absolute atomic E-state index is 0.0816. The maximum Gasteiger partial charge on any atom is 0.291 e. The molecule has 76 valence electrons. The van der Waals surface area contributed by atoms with Crippen LogP contribution in [0.1, 0.15) is 25.6 Å². The minimum atomic E-state index is -0.0816. The fraction of sp³-hybridized carbons (Fsp3) is 0.600. The van der Waals surface area contributed by atoms with E-state index >= 15 is 0 Å². The van der Waals surface area contributed by atoms with Gasteiger partial charge in [0.2, 0.25) is 0 Å². The van der Waals surface area contributed by atoms with E-state index in [9.17, 15) is 5.11 Å². The second-order valence-electron chi connectivity index (χ2n) is 3.68. The van der Waals surface area contributed by atoms with E-state index in [1.54, 1.807) is 0 Å². The molecule has 0 amide bonds. The smallest absolute Gasteiger partial charge is 0.291 e. The van der Waals surface area contributed by atoms with E-state index in [0.29, 0.717) is 11.9 Å². The zero-order valence-corrected chi connectivity index (χ0v) is 8.60. The number of imidazole rings is 1. The molecule has 4 nitrogen and oxygen atoms in total. The highest BCUT2D eigenvalue weighted by atomic mass is 16.3. The monoisotopic (exact) mass is 193 g/mol. The molecule has 0 spiro atoms. The lowest BCUT2D eigenvalue weighted by Crippen LogP contribution is -2.40. The Kier molecular flexibility index (Phi) is 2.27. The molecule has 1 aromatic rings. The molecule has 4 heteroatoms. The topological polar surface area (TPSA) is 44.2 Å². The molecule has 0 aromatic carbocycles. The average molecular weight is 193 g/mol. The van der Waals surface area contributed by atoms with Crippen LogP contribution in [0.4, 0.5) is 0 Å². The van der Waals surface area contributed by atoms with Crippen molar-refractivity contribution < 1.29 is 9.67 Å². The number of aromatic nitrogens is 2. The first-order chi connectivity index (χ1) is 6.72. The lowest BCUT2D eigenvalue weighted by Gasteiger charge is -2.07. The van der Waals surface area contributed by atoms with Crippen molar-refractivity contribution in [1.29, 1.82) is 0 Å². The first-order valence-electron chi connectivity index (χ1n) is 5.02. The number of aryl methyl sites for hydroxylation is 2. The normalized spacial score (nSPS) is 17.4. The molecule has 0 unspecified atom stereocenters. The van der Waals surface area contributed by atoms with Crippen LogP contribution < -0.4 is 9.67 Å². The number of hydrogen-bond donors (Lipinski definition) is 0. The van der Waals surface area contributed by atoms with Crippen molar-refractivity contribution in [3.05, 3.63) is 18.2 Å². The standard InChI is InChI=1S/C10H15N3O/c1-3-13-7-6-12(2)10(13)9(14)11-8-4-5-8/h6-8H,3-5H2,1-2H3. The molecule has 1 saturated carbocycles. The van der Waals surface area contributed by atoms with Gasteiger partial charge >= 0.3 is 0 Å². The summed E-state index contributed by atoms with van der Waals surface area (Å²) in [5.41, 5.74) is 0. The number of nitrogens with zero attached hydrogens (tertiary/aromatic N) is 3. The van der Waals surface area contributed by atoms with Gasteiger partial charge in [0.15, 0.2) is 0 Å². The molecule has 0 N–H and O–H groups in total. The number of hydrogen-bond acceptors (Lipinski definition) is 2. The van der Waals surface area contributed by atoms with Gasteiger partial charge in [0.1, 0.15) is 12.4 Å². The van der Waals surface area contributed by atoms with Gasteiger partial charge in [-0.15, -0.1) is 0 Å². The molecule has 2 rings (SSSR count). The van der Waals surface area contributed by atoms with Crippen molar-refractivity contribution in [2.24, 2.45) is 12.0 Å². The molecular weight excluding hydrogens is 178 g/mol. The molecule has 1 aromatic heterocycles. The first kappa shape index (κ1) is 9.24.